The maximum absolute atomic E-state index is 15.9. The quantitative estimate of drug-likeness (QED) is 0.220. The van der Waals surface area contributed by atoms with E-state index >= 15 is 4.39 Å². The summed E-state index contributed by atoms with van der Waals surface area (Å²) in [5, 5.41) is 7.51. The molecule has 0 radical (unpaired) electrons. The van der Waals surface area contributed by atoms with Gasteiger partial charge in [-0.05, 0) is 78.0 Å². The summed E-state index contributed by atoms with van der Waals surface area (Å²) in [6.45, 7) is 13.4. The van der Waals surface area contributed by atoms with Crippen LogP contribution in [0.1, 0.15) is 71.4 Å². The molecule has 2 amide bonds. The summed E-state index contributed by atoms with van der Waals surface area (Å²) in [5.41, 5.74) is -0.551. The highest BCUT2D eigenvalue weighted by molar-refractivity contribution is 7.90. The number of rotatable bonds is 5. The Balaban J connectivity index is 1.55. The number of hydrogen-bond acceptors (Lipinski definition) is 10. The zero-order chi connectivity index (χ0) is 34.6. The lowest BCUT2D eigenvalue weighted by Gasteiger charge is -2.29. The molecule has 1 N–H and O–H groups in total. The number of amides is 2. The van der Waals surface area contributed by atoms with Crippen molar-refractivity contribution in [2.45, 2.75) is 84.1 Å². The number of hydrogen-bond donors (Lipinski definition) is 1. The maximum atomic E-state index is 15.9. The fourth-order valence-corrected chi connectivity index (χ4v) is 7.34. The number of fused-ring (bicyclic) bond motifs is 2. The van der Waals surface area contributed by atoms with Crippen molar-refractivity contribution in [3.8, 4) is 11.1 Å². The Kier molecular flexibility index (Phi) is 8.73. The molecule has 0 saturated heterocycles. The number of aromatic nitrogens is 4. The van der Waals surface area contributed by atoms with Crippen LogP contribution in [0.3, 0.4) is 0 Å². The zero-order valence-corrected chi connectivity index (χ0v) is 28.9. The predicted molar refractivity (Wildman–Crippen MR) is 177 cm³/mol. The van der Waals surface area contributed by atoms with Crippen LogP contribution in [0.4, 0.5) is 31.3 Å². The van der Waals surface area contributed by atoms with Gasteiger partial charge in [0.1, 0.15) is 34.0 Å². The molecule has 0 bridgehead atoms. The third-order valence-corrected chi connectivity index (χ3v) is 9.69. The molecule has 15 heteroatoms. The molecular weight excluding hydrogens is 651 g/mol. The van der Waals surface area contributed by atoms with Crippen molar-refractivity contribution >= 4 is 61.7 Å². The summed E-state index contributed by atoms with van der Waals surface area (Å²) < 4.78 is 53.2. The van der Waals surface area contributed by atoms with E-state index in [1.54, 1.807) is 66.7 Å². The summed E-state index contributed by atoms with van der Waals surface area (Å²) in [6, 6.07) is 4.90. The second kappa shape index (κ2) is 12.1. The third kappa shape index (κ3) is 6.89. The minimum absolute atomic E-state index is 0.0407. The average Bonchev–Trinajstić information content (AvgIpc) is 3.41. The van der Waals surface area contributed by atoms with Gasteiger partial charge in [-0.3, -0.25) is 9.67 Å². The molecule has 1 atom stereocenters. The number of benzene rings is 1. The molecule has 4 aromatic rings. The first-order chi connectivity index (χ1) is 21.8. The van der Waals surface area contributed by atoms with Crippen molar-refractivity contribution in [3.05, 3.63) is 58.9 Å². The molecule has 3 aromatic heterocycles. The number of imide groups is 1. The highest BCUT2D eigenvalue weighted by atomic mass is 35.5. The van der Waals surface area contributed by atoms with E-state index in [1.807, 2.05) is 6.92 Å². The molecule has 0 saturated carbocycles. The summed E-state index contributed by atoms with van der Waals surface area (Å²) in [4.78, 5) is 36.0. The van der Waals surface area contributed by atoms with Crippen LogP contribution in [0, 0.1) is 12.7 Å². The molecule has 0 aliphatic carbocycles. The van der Waals surface area contributed by atoms with Crippen molar-refractivity contribution < 1.29 is 31.9 Å². The second-order valence-electron chi connectivity index (χ2n) is 13.2. The molecule has 4 heterocycles. The number of sulfone groups is 1. The van der Waals surface area contributed by atoms with Crippen LogP contribution in [0.2, 0.25) is 5.02 Å². The first-order valence-electron chi connectivity index (χ1n) is 14.8. The van der Waals surface area contributed by atoms with Gasteiger partial charge in [-0.15, -0.1) is 0 Å². The van der Waals surface area contributed by atoms with Gasteiger partial charge < -0.3 is 14.8 Å². The van der Waals surface area contributed by atoms with E-state index < -0.39 is 44.3 Å². The number of anilines is 3. The van der Waals surface area contributed by atoms with Crippen molar-refractivity contribution in [2.75, 3.05) is 10.2 Å². The summed E-state index contributed by atoms with van der Waals surface area (Å²) in [7, 11) is -3.30. The topological polar surface area (TPSA) is 146 Å². The van der Waals surface area contributed by atoms with Gasteiger partial charge in [0, 0.05) is 35.0 Å². The second-order valence-corrected chi connectivity index (χ2v) is 15.8. The van der Waals surface area contributed by atoms with Gasteiger partial charge in [-0.1, -0.05) is 18.5 Å². The first kappa shape index (κ1) is 34.0. The monoisotopic (exact) mass is 686 g/mol. The minimum atomic E-state index is -3.30. The van der Waals surface area contributed by atoms with E-state index in [0.717, 1.165) is 4.90 Å². The van der Waals surface area contributed by atoms with Gasteiger partial charge in [-0.25, -0.2) is 27.4 Å². The molecule has 47 heavy (non-hydrogen) atoms. The van der Waals surface area contributed by atoms with Crippen LogP contribution < -0.4 is 10.2 Å². The Morgan fingerprint density at radius 2 is 1.66 bits per heavy atom. The van der Waals surface area contributed by atoms with Crippen molar-refractivity contribution in [1.82, 2.24) is 19.7 Å². The Morgan fingerprint density at radius 1 is 1.02 bits per heavy atom. The fraction of sp³-hybridized carbons (Fsp3) is 0.406. The summed E-state index contributed by atoms with van der Waals surface area (Å²) in [5.74, 6) is -0.172. The number of nitrogens with zero attached hydrogens (tertiary/aromatic N) is 5. The molecule has 0 fully saturated rings. The van der Waals surface area contributed by atoms with Gasteiger partial charge in [0.05, 0.1) is 22.6 Å². The van der Waals surface area contributed by atoms with Gasteiger partial charge in [0.2, 0.25) is 0 Å². The van der Waals surface area contributed by atoms with Gasteiger partial charge >= 0.3 is 12.2 Å². The van der Waals surface area contributed by atoms with E-state index in [4.69, 9.17) is 21.1 Å². The number of nitrogens with one attached hydrogen (secondary N) is 1. The molecule has 1 aromatic carbocycles. The Labute approximate surface area is 277 Å². The minimum Gasteiger partial charge on any atom is -0.443 e. The maximum Gasteiger partial charge on any atom is 0.424 e. The first-order valence-corrected chi connectivity index (χ1v) is 16.9. The average molecular weight is 687 g/mol. The molecule has 1 unspecified atom stereocenters. The van der Waals surface area contributed by atoms with E-state index in [9.17, 15) is 18.0 Å². The fourth-order valence-electron chi connectivity index (χ4n) is 5.28. The van der Waals surface area contributed by atoms with Crippen LogP contribution >= 0.6 is 11.6 Å². The lowest BCUT2D eigenvalue weighted by molar-refractivity contribution is 0.0430. The number of carbonyl (C=O) groups excluding carboxylic acids is 2. The summed E-state index contributed by atoms with van der Waals surface area (Å²) >= 11 is 6.52. The van der Waals surface area contributed by atoms with E-state index in [-0.39, 0.29) is 27.7 Å². The van der Waals surface area contributed by atoms with Gasteiger partial charge in [0.15, 0.2) is 15.7 Å². The van der Waals surface area contributed by atoms with E-state index in [2.05, 4.69) is 20.4 Å². The molecular formula is C32H36ClFN6O6S. The highest BCUT2D eigenvalue weighted by Gasteiger charge is 2.37. The Morgan fingerprint density at radius 3 is 2.26 bits per heavy atom. The molecule has 1 aliphatic heterocycles. The Bertz CT molecular complexity index is 1990. The van der Waals surface area contributed by atoms with Crippen LogP contribution in [0.15, 0.2) is 36.8 Å². The van der Waals surface area contributed by atoms with Gasteiger partial charge in [0.25, 0.3) is 0 Å². The van der Waals surface area contributed by atoms with E-state index in [0.29, 0.717) is 40.1 Å². The number of halogens is 2. The molecule has 5 rings (SSSR count). The largest absolute Gasteiger partial charge is 0.443 e. The van der Waals surface area contributed by atoms with Crippen LogP contribution in [-0.2, 0) is 25.2 Å². The molecule has 12 nitrogen and oxygen atoms in total. The third-order valence-electron chi connectivity index (χ3n) is 7.28. The molecule has 1 aliphatic rings. The van der Waals surface area contributed by atoms with Crippen LogP contribution in [0.5, 0.6) is 0 Å². The van der Waals surface area contributed by atoms with Crippen molar-refractivity contribution in [1.29, 1.82) is 0 Å². The van der Waals surface area contributed by atoms with E-state index in [1.165, 1.54) is 23.3 Å². The molecule has 0 spiro atoms. The SMILES string of the molecule is CCC1c2cc(Nc3cc4cc(-c5cncc(N(C(=O)OC(C)(C)C)C(=O)OC(C)(C)C)c5C)c(F)c(Cl)c4cn3)nn2CS1(=O)=O. The van der Waals surface area contributed by atoms with Gasteiger partial charge in [-0.2, -0.15) is 10.00 Å². The molecule has 250 valence electrons. The Hall–Kier alpha value is -4.30. The highest BCUT2D eigenvalue weighted by Crippen LogP contribution is 2.40. The lowest BCUT2D eigenvalue weighted by atomic mass is 9.98. The number of carbonyl (C=O) groups is 2. The normalized spacial score (nSPS) is 15.7. The lowest BCUT2D eigenvalue weighted by Crippen LogP contribution is -2.44. The zero-order valence-electron chi connectivity index (χ0n) is 27.3. The smallest absolute Gasteiger partial charge is 0.424 e. The number of pyridine rings is 2. The van der Waals surface area contributed by atoms with Crippen LogP contribution in [0.25, 0.3) is 21.9 Å². The van der Waals surface area contributed by atoms with Crippen molar-refractivity contribution in [2.24, 2.45) is 0 Å². The summed E-state index contributed by atoms with van der Waals surface area (Å²) in [6.07, 6.45) is 2.59. The number of ether oxygens (including phenoxy) is 2. The van der Waals surface area contributed by atoms with Crippen molar-refractivity contribution in [3.63, 3.8) is 0 Å². The standard InChI is InChI=1S/C32H36ClFN6O6S/c1-9-24-22-12-26(38-39(22)16-47(24,43)44)37-25-11-18-10-19(28(34)27(33)21(18)14-36-25)20-13-35-15-23(17(20)2)40(29(41)45-31(3,4)5)30(42)46-32(6,7)8/h10-15,24H,9,16H2,1-8H3,(H,36,37,38). The predicted octanol–water partition coefficient (Wildman–Crippen LogP) is 7.85. The van der Waals surface area contributed by atoms with Crippen LogP contribution in [-0.4, -0.2) is 51.6 Å².